The van der Waals surface area contributed by atoms with Crippen LogP contribution in [0.4, 0.5) is 0 Å². The Bertz CT molecular complexity index is 718. The van der Waals surface area contributed by atoms with Crippen LogP contribution < -0.4 is 16.5 Å². The van der Waals surface area contributed by atoms with Crippen LogP contribution in [0.5, 0.6) is 0 Å². The van der Waals surface area contributed by atoms with E-state index in [0.717, 1.165) is 41.4 Å². The molecule has 1 unspecified atom stereocenters. The van der Waals surface area contributed by atoms with E-state index in [2.05, 4.69) is 34.3 Å². The van der Waals surface area contributed by atoms with Gasteiger partial charge in [0.05, 0.1) is 11.0 Å². The molecule has 0 bridgehead atoms. The molecule has 0 saturated heterocycles. The Morgan fingerprint density at radius 1 is 1.38 bits per heavy atom. The van der Waals surface area contributed by atoms with Crippen molar-refractivity contribution in [1.29, 1.82) is 5.41 Å². The number of fused-ring (bicyclic) bond motifs is 1. The smallest absolute Gasteiger partial charge is 0.307 e. The molecule has 128 valence electrons. The highest BCUT2D eigenvalue weighted by molar-refractivity contribution is 8.26. The average molecular weight is 346 g/mol. The van der Waals surface area contributed by atoms with Crippen molar-refractivity contribution in [2.24, 2.45) is 5.73 Å². The molecule has 0 aliphatic rings. The maximum atomic E-state index is 7.98. The van der Waals surface area contributed by atoms with Crippen LogP contribution in [0.15, 0.2) is 30.6 Å². The van der Waals surface area contributed by atoms with Gasteiger partial charge in [-0.1, -0.05) is 6.07 Å². The molecule has 0 spiro atoms. The number of nitrogens with one attached hydrogen (secondary N) is 2. The van der Waals surface area contributed by atoms with Gasteiger partial charge in [0.25, 0.3) is 0 Å². The molecule has 8 heteroatoms. The Morgan fingerprint density at radius 3 is 2.75 bits per heavy atom. The molecule has 1 heterocycles. The summed E-state index contributed by atoms with van der Waals surface area (Å²) in [5, 5.41) is 17.5. The normalized spacial score (nSPS) is 12.1. The van der Waals surface area contributed by atoms with Crippen molar-refractivity contribution in [3.8, 4) is 0 Å². The minimum absolute atomic E-state index is 0.183. The molecule has 0 saturated carbocycles. The number of nitrogens with zero attached hydrogens (tertiary/aromatic N) is 3. The van der Waals surface area contributed by atoms with Crippen molar-refractivity contribution in [2.75, 3.05) is 19.6 Å². The van der Waals surface area contributed by atoms with Crippen molar-refractivity contribution in [3.05, 3.63) is 36.2 Å². The first-order chi connectivity index (χ1) is 11.5. The molecule has 24 heavy (non-hydrogen) atoms. The first kappa shape index (κ1) is 18.2. The highest BCUT2D eigenvalue weighted by Crippen LogP contribution is 2.17. The summed E-state index contributed by atoms with van der Waals surface area (Å²) in [5.74, 6) is 0. The lowest BCUT2D eigenvalue weighted by molar-refractivity contribution is -0.109. The summed E-state index contributed by atoms with van der Waals surface area (Å²) in [5.41, 5.74) is 8.40. The Hall–Kier alpha value is -2.19. The van der Waals surface area contributed by atoms with Crippen molar-refractivity contribution in [3.63, 3.8) is 0 Å². The monoisotopic (exact) mass is 346 g/mol. The summed E-state index contributed by atoms with van der Waals surface area (Å²) in [6.07, 6.45) is 3.40. The summed E-state index contributed by atoms with van der Waals surface area (Å²) < 4.78 is 0. The maximum Gasteiger partial charge on any atom is 0.307 e. The topological polar surface area (TPSA) is 117 Å². The third-order valence-corrected chi connectivity index (χ3v) is 4.40. The summed E-state index contributed by atoms with van der Waals surface area (Å²) in [6, 6.07) is 6.29. The fraction of sp³-hybridized carbons (Fsp3) is 0.375. The van der Waals surface area contributed by atoms with Gasteiger partial charge in [-0.25, -0.2) is 0 Å². The van der Waals surface area contributed by atoms with Crippen LogP contribution in [0.3, 0.4) is 0 Å². The quantitative estimate of drug-likeness (QED) is 0.443. The van der Waals surface area contributed by atoms with E-state index in [1.807, 2.05) is 17.9 Å². The first-order valence-electron chi connectivity index (χ1n) is 7.84. The van der Waals surface area contributed by atoms with Gasteiger partial charge in [-0.2, -0.15) is 0 Å². The van der Waals surface area contributed by atoms with E-state index in [4.69, 9.17) is 16.6 Å². The van der Waals surface area contributed by atoms with Gasteiger partial charge in [0.15, 0.2) is 5.17 Å². The van der Waals surface area contributed by atoms with Crippen molar-refractivity contribution in [1.82, 2.24) is 20.2 Å². The van der Waals surface area contributed by atoms with Crippen molar-refractivity contribution < 1.29 is 5.41 Å². The SMILES string of the molecule is CCN(CCNC(C)c1ccc2nccnc2c1)C(=N)SC(N)=[NH2+]. The fourth-order valence-corrected chi connectivity index (χ4v) is 2.94. The number of rotatable bonds is 6. The molecule has 0 fully saturated rings. The van der Waals surface area contributed by atoms with Crippen LogP contribution in [-0.4, -0.2) is 44.8 Å². The van der Waals surface area contributed by atoms with E-state index >= 15 is 0 Å². The molecule has 6 N–H and O–H groups in total. The third-order valence-electron chi connectivity index (χ3n) is 3.71. The lowest BCUT2D eigenvalue weighted by Crippen LogP contribution is -2.46. The summed E-state index contributed by atoms with van der Waals surface area (Å²) in [4.78, 5) is 10.6. The molecular weight excluding hydrogens is 322 g/mol. The standard InChI is InChI=1S/C16H23N7S/c1-3-23(16(19)24-15(17)18)9-8-20-11(2)12-4-5-13-14(10-12)22-7-6-21-13/h4-7,10-11,19-20H,3,8-9H2,1-2H3,(H3,17,18)/p+1. The highest BCUT2D eigenvalue weighted by atomic mass is 32.2. The second-order valence-corrected chi connectivity index (χ2v) is 6.43. The summed E-state index contributed by atoms with van der Waals surface area (Å²) >= 11 is 1.08. The molecule has 0 amide bonds. The Kier molecular flexibility index (Phi) is 6.51. The molecule has 0 aliphatic carbocycles. The Balaban J connectivity index is 1.90. The highest BCUT2D eigenvalue weighted by Gasteiger charge is 2.13. The van der Waals surface area contributed by atoms with Crippen LogP contribution >= 0.6 is 11.8 Å². The number of thioether (sulfide) groups is 1. The van der Waals surface area contributed by atoms with E-state index in [1.165, 1.54) is 0 Å². The number of likely N-dealkylation sites (N-methyl/N-ethyl adjacent to an activating group) is 1. The van der Waals surface area contributed by atoms with Crippen LogP contribution in [0, 0.1) is 5.41 Å². The molecule has 7 nitrogen and oxygen atoms in total. The van der Waals surface area contributed by atoms with Crippen molar-refractivity contribution >= 4 is 33.1 Å². The van der Waals surface area contributed by atoms with Crippen LogP contribution in [0.25, 0.3) is 11.0 Å². The summed E-state index contributed by atoms with van der Waals surface area (Å²) in [6.45, 7) is 6.32. The van der Waals surface area contributed by atoms with Gasteiger partial charge in [0.2, 0.25) is 0 Å². The van der Waals surface area contributed by atoms with Gasteiger partial charge in [-0.15, -0.1) is 0 Å². The lowest BCUT2D eigenvalue weighted by atomic mass is 10.1. The largest absolute Gasteiger partial charge is 0.350 e. The predicted molar refractivity (Wildman–Crippen MR) is 99.6 cm³/mol. The molecule has 2 rings (SSSR count). The van der Waals surface area contributed by atoms with Crippen LogP contribution in [-0.2, 0) is 0 Å². The number of aromatic nitrogens is 2. The minimum atomic E-state index is 0.183. The zero-order valence-electron chi connectivity index (χ0n) is 14.0. The van der Waals surface area contributed by atoms with Gasteiger partial charge in [0.1, 0.15) is 0 Å². The second-order valence-electron chi connectivity index (χ2n) is 5.37. The van der Waals surface area contributed by atoms with Gasteiger partial charge < -0.3 is 10.2 Å². The maximum absolute atomic E-state index is 7.98. The lowest BCUT2D eigenvalue weighted by Gasteiger charge is -2.23. The molecule has 2 aromatic rings. The predicted octanol–water partition coefficient (Wildman–Crippen LogP) is 0.344. The number of benzene rings is 1. The number of amidine groups is 2. The first-order valence-corrected chi connectivity index (χ1v) is 8.66. The van der Waals surface area contributed by atoms with Gasteiger partial charge in [-0.05, 0) is 31.5 Å². The third kappa shape index (κ3) is 4.90. The molecule has 1 aromatic heterocycles. The summed E-state index contributed by atoms with van der Waals surface area (Å²) in [7, 11) is 0. The molecule has 1 aromatic carbocycles. The molecule has 0 aliphatic heterocycles. The Morgan fingerprint density at radius 2 is 2.08 bits per heavy atom. The van der Waals surface area contributed by atoms with E-state index in [0.29, 0.717) is 11.7 Å². The number of hydrogen-bond donors (Lipinski definition) is 4. The van der Waals surface area contributed by atoms with E-state index in [9.17, 15) is 0 Å². The molecule has 0 radical (unpaired) electrons. The molecular formula is C16H24N7S+. The van der Waals surface area contributed by atoms with Gasteiger partial charge in [-0.3, -0.25) is 26.5 Å². The van der Waals surface area contributed by atoms with Gasteiger partial charge >= 0.3 is 5.17 Å². The Labute approximate surface area is 146 Å². The van der Waals surface area contributed by atoms with Crippen LogP contribution in [0.2, 0.25) is 0 Å². The van der Waals surface area contributed by atoms with E-state index in [1.54, 1.807) is 12.4 Å². The average Bonchev–Trinajstić information content (AvgIpc) is 2.57. The van der Waals surface area contributed by atoms with Gasteiger partial charge in [0, 0.05) is 49.8 Å². The van der Waals surface area contributed by atoms with Crippen LogP contribution in [0.1, 0.15) is 25.5 Å². The second kappa shape index (κ2) is 8.60. The van der Waals surface area contributed by atoms with Crippen molar-refractivity contribution in [2.45, 2.75) is 19.9 Å². The van der Waals surface area contributed by atoms with E-state index < -0.39 is 0 Å². The molecule has 1 atom stereocenters. The number of nitrogens with two attached hydrogens (primary N) is 2. The zero-order valence-corrected chi connectivity index (χ0v) is 14.8. The minimum Gasteiger partial charge on any atom is -0.350 e. The number of hydrogen-bond acceptors (Lipinski definition) is 5. The van der Waals surface area contributed by atoms with E-state index in [-0.39, 0.29) is 11.2 Å². The zero-order chi connectivity index (χ0) is 17.5. The fourth-order valence-electron chi connectivity index (χ4n) is 2.36.